The average Bonchev–Trinajstić information content (AvgIpc) is 4.15. The minimum absolute atomic E-state index is 0.0166. The summed E-state index contributed by atoms with van der Waals surface area (Å²) in [4.78, 5) is 44.3. The van der Waals surface area contributed by atoms with E-state index in [0.29, 0.717) is 33.1 Å². The Balaban J connectivity index is 0.919. The molecule has 17 heteroatoms. The van der Waals surface area contributed by atoms with E-state index in [0.717, 1.165) is 74.4 Å². The number of carbonyl (C=O) groups is 3. The van der Waals surface area contributed by atoms with Crippen molar-refractivity contribution in [3.63, 3.8) is 0 Å². The van der Waals surface area contributed by atoms with Crippen LogP contribution < -0.4 is 24.3 Å². The fourth-order valence-corrected chi connectivity index (χ4v) is 10.2. The molecule has 2 N–H and O–H groups in total. The van der Waals surface area contributed by atoms with Crippen molar-refractivity contribution in [3.8, 4) is 17.2 Å². The molecule has 4 saturated heterocycles. The number of hydrogen-bond donors (Lipinski definition) is 2. The SMILES string of the molecule is O=C(N[C@@H](c1ccccc1)c1cccc(OCc2ccc(C(=O)N3CC(C(=O)O)C3[C@@H](Cc3c(Cl)c[n+]([O-])cc3Cl)c3ccc(OC(F)F)c(OCC4CC4)c3)cc2)c1)O[C@H]1CN2CCC1CC2. The van der Waals surface area contributed by atoms with Crippen molar-refractivity contribution in [1.29, 1.82) is 0 Å². The summed E-state index contributed by atoms with van der Waals surface area (Å²) in [7, 11) is 0. The molecule has 1 saturated carbocycles. The van der Waals surface area contributed by atoms with Gasteiger partial charge in [-0.15, -0.1) is 0 Å². The Kier molecular flexibility index (Phi) is 14.2. The van der Waals surface area contributed by atoms with Gasteiger partial charge < -0.3 is 39.5 Å². The number of alkyl halides is 2. The van der Waals surface area contributed by atoms with Gasteiger partial charge in [-0.1, -0.05) is 83.9 Å². The number of hydrogen-bond acceptors (Lipinski definition) is 9. The van der Waals surface area contributed by atoms with Crippen LogP contribution >= 0.6 is 23.2 Å². The van der Waals surface area contributed by atoms with Crippen LogP contribution in [0.2, 0.25) is 10.0 Å². The van der Waals surface area contributed by atoms with Gasteiger partial charge in [-0.3, -0.25) is 14.5 Å². The van der Waals surface area contributed by atoms with Gasteiger partial charge in [0.1, 0.15) is 28.5 Å². The largest absolute Gasteiger partial charge is 0.619 e. The van der Waals surface area contributed by atoms with Gasteiger partial charge in [-0.25, -0.2) is 4.79 Å². The molecule has 1 aromatic heterocycles. The number of alkyl carbamates (subject to hydrolysis) is 1. The van der Waals surface area contributed by atoms with Crippen LogP contribution in [0.25, 0.3) is 0 Å². The number of carboxylic acids is 1. The highest BCUT2D eigenvalue weighted by Crippen LogP contribution is 2.44. The Morgan fingerprint density at radius 2 is 1.54 bits per heavy atom. The van der Waals surface area contributed by atoms with Gasteiger partial charge in [-0.2, -0.15) is 13.5 Å². The van der Waals surface area contributed by atoms with Gasteiger partial charge >= 0.3 is 18.7 Å². The number of nitrogens with one attached hydrogen (secondary N) is 1. The van der Waals surface area contributed by atoms with E-state index in [9.17, 15) is 33.5 Å². The second-order valence-electron chi connectivity index (χ2n) is 18.0. The topological polar surface area (TPSA) is 154 Å². The molecule has 5 heterocycles. The van der Waals surface area contributed by atoms with Crippen LogP contribution in [-0.4, -0.2) is 84.4 Å². The average molecular weight is 972 g/mol. The number of ether oxygens (including phenoxy) is 4. The molecule has 5 fully saturated rings. The molecule has 2 amide bonds. The molecule has 4 aliphatic heterocycles. The molecule has 1 aliphatic carbocycles. The smallest absolute Gasteiger partial charge is 0.408 e. The lowest BCUT2D eigenvalue weighted by molar-refractivity contribution is -0.605. The zero-order chi connectivity index (χ0) is 47.5. The fraction of sp³-hybridized carbons (Fsp3) is 0.373. The lowest BCUT2D eigenvalue weighted by Crippen LogP contribution is -2.63. The first-order chi connectivity index (χ1) is 32.9. The number of likely N-dealkylation sites (tertiary alicyclic amines) is 1. The van der Waals surface area contributed by atoms with E-state index in [1.165, 1.54) is 23.1 Å². The van der Waals surface area contributed by atoms with Gasteiger partial charge in [0.05, 0.1) is 24.6 Å². The number of carboxylic acid groups (broad SMARTS) is 1. The molecule has 2 unspecified atom stereocenters. The summed E-state index contributed by atoms with van der Waals surface area (Å²) in [5.74, 6) is -2.36. The first-order valence-electron chi connectivity index (χ1n) is 22.7. The molecular formula is C51H50Cl2F2N4O9. The molecule has 10 rings (SSSR count). The molecule has 4 aromatic carbocycles. The minimum Gasteiger partial charge on any atom is -0.619 e. The summed E-state index contributed by atoms with van der Waals surface area (Å²) < 4.78 is 50.4. The number of rotatable bonds is 18. The van der Waals surface area contributed by atoms with E-state index < -0.39 is 48.5 Å². The lowest BCUT2D eigenvalue weighted by Gasteiger charge is -2.50. The van der Waals surface area contributed by atoms with Crippen molar-refractivity contribution in [2.24, 2.45) is 17.8 Å². The second kappa shape index (κ2) is 20.6. The molecule has 5 atom stereocenters. The second-order valence-corrected chi connectivity index (χ2v) is 18.8. The number of piperidine rings is 3. The summed E-state index contributed by atoms with van der Waals surface area (Å²) in [5, 5.41) is 25.8. The van der Waals surface area contributed by atoms with Gasteiger partial charge in [0, 0.05) is 30.1 Å². The Bertz CT molecular complexity index is 2590. The number of halogens is 4. The Hall–Kier alpha value is -6.16. The number of aliphatic carboxylic acids is 1. The predicted molar refractivity (Wildman–Crippen MR) is 247 cm³/mol. The molecule has 68 heavy (non-hydrogen) atoms. The van der Waals surface area contributed by atoms with Gasteiger partial charge in [0.15, 0.2) is 23.9 Å². The number of pyridine rings is 1. The molecule has 2 bridgehead atoms. The molecule has 0 radical (unpaired) electrons. The minimum atomic E-state index is -3.13. The standard InChI is InChI=1S/C51H50Cl2F2N4O9/c52-41-25-58(64)26-42(53)39(41)23-38(35-15-16-43(67-50(54)55)44(22-35)66-29-30-9-10-30)47-40(49(61)62)24-59(47)48(60)34-13-11-31(12-14-34)28-65-37-8-4-7-36(21-37)46(33-5-2-1-3-6-33)56-51(63)68-45-27-57-19-17-32(45)18-20-57/h1-8,11-16,21-22,25-26,30,32,38,40,45-47,50H,9-10,17-20,23-24,27-29H2,(H,56,63)(H,61,62)/t38-,40?,45-,46-,47?/m0/s1. The van der Waals surface area contributed by atoms with Gasteiger partial charge in [0.2, 0.25) is 0 Å². The van der Waals surface area contributed by atoms with Gasteiger partial charge in [-0.05, 0) is 116 Å². The molecule has 356 valence electrons. The van der Waals surface area contributed by atoms with Crippen LogP contribution in [0, 0.1) is 23.0 Å². The Labute approximate surface area is 402 Å². The first kappa shape index (κ1) is 46.9. The van der Waals surface area contributed by atoms with E-state index in [-0.39, 0.29) is 59.7 Å². The molecule has 13 nitrogen and oxygen atoms in total. The number of amides is 2. The molecule has 0 spiro atoms. The number of benzene rings is 4. The highest BCUT2D eigenvalue weighted by molar-refractivity contribution is 6.35. The zero-order valence-corrected chi connectivity index (χ0v) is 38.4. The zero-order valence-electron chi connectivity index (χ0n) is 36.9. The van der Waals surface area contributed by atoms with E-state index in [1.807, 2.05) is 54.6 Å². The molecular weight excluding hydrogens is 921 g/mol. The maximum Gasteiger partial charge on any atom is 0.408 e. The van der Waals surface area contributed by atoms with Gasteiger partial charge in [0.25, 0.3) is 5.91 Å². The number of carbonyl (C=O) groups excluding carboxylic acids is 2. The number of aromatic nitrogens is 1. The maximum absolute atomic E-state index is 14.4. The quantitative estimate of drug-likeness (QED) is 0.0643. The maximum atomic E-state index is 14.4. The monoisotopic (exact) mass is 970 g/mol. The van der Waals surface area contributed by atoms with E-state index in [4.69, 9.17) is 42.1 Å². The van der Waals surface area contributed by atoms with Crippen LogP contribution in [0.5, 0.6) is 17.2 Å². The van der Waals surface area contributed by atoms with Crippen LogP contribution in [0.4, 0.5) is 13.6 Å². The van der Waals surface area contributed by atoms with E-state index in [1.54, 1.807) is 24.3 Å². The van der Waals surface area contributed by atoms with Crippen molar-refractivity contribution in [1.82, 2.24) is 15.1 Å². The summed E-state index contributed by atoms with van der Waals surface area (Å²) in [6.07, 6.45) is 5.55. The predicted octanol–water partition coefficient (Wildman–Crippen LogP) is 9.06. The van der Waals surface area contributed by atoms with Crippen LogP contribution in [-0.2, 0) is 22.6 Å². The highest BCUT2D eigenvalue weighted by atomic mass is 35.5. The summed E-state index contributed by atoms with van der Waals surface area (Å²) >= 11 is 13.1. The normalized spacial score (nSPS) is 21.6. The van der Waals surface area contributed by atoms with Crippen LogP contribution in [0.15, 0.2) is 109 Å². The summed E-state index contributed by atoms with van der Waals surface area (Å²) in [5.41, 5.74) is 3.53. The van der Waals surface area contributed by atoms with Crippen molar-refractivity contribution in [2.45, 2.75) is 69.4 Å². The third-order valence-corrected chi connectivity index (χ3v) is 14.1. The summed E-state index contributed by atoms with van der Waals surface area (Å²) in [6.45, 7) is 0.0194. The third kappa shape index (κ3) is 10.9. The summed E-state index contributed by atoms with van der Waals surface area (Å²) in [6, 6.07) is 26.9. The molecule has 5 aromatic rings. The Morgan fingerprint density at radius 1 is 0.824 bits per heavy atom. The van der Waals surface area contributed by atoms with Crippen LogP contribution in [0.1, 0.15) is 75.8 Å². The van der Waals surface area contributed by atoms with E-state index >= 15 is 0 Å². The van der Waals surface area contributed by atoms with Crippen molar-refractivity contribution < 1.29 is 51.9 Å². The van der Waals surface area contributed by atoms with Crippen LogP contribution in [0.3, 0.4) is 0 Å². The van der Waals surface area contributed by atoms with Crippen molar-refractivity contribution >= 4 is 41.2 Å². The third-order valence-electron chi connectivity index (χ3n) is 13.5. The first-order valence-corrected chi connectivity index (χ1v) is 23.5. The van der Waals surface area contributed by atoms with Crippen molar-refractivity contribution in [3.05, 3.63) is 158 Å². The van der Waals surface area contributed by atoms with E-state index in [2.05, 4.69) is 10.2 Å². The fourth-order valence-electron chi connectivity index (χ4n) is 9.59. The Morgan fingerprint density at radius 3 is 2.21 bits per heavy atom. The number of fused-ring (bicyclic) bond motifs is 3. The van der Waals surface area contributed by atoms with Crippen molar-refractivity contribution in [2.75, 3.05) is 32.8 Å². The molecule has 5 aliphatic rings. The lowest BCUT2D eigenvalue weighted by atomic mass is 9.73. The highest BCUT2D eigenvalue weighted by Gasteiger charge is 2.51. The number of nitrogens with zero attached hydrogens (tertiary/aromatic N) is 3.